The summed E-state index contributed by atoms with van der Waals surface area (Å²) in [5.41, 5.74) is 3.50. The van der Waals surface area contributed by atoms with Crippen molar-refractivity contribution in [1.82, 2.24) is 9.97 Å². The van der Waals surface area contributed by atoms with E-state index in [1.165, 1.54) is 12.1 Å². The highest BCUT2D eigenvalue weighted by atomic mass is 32.2. The van der Waals surface area contributed by atoms with E-state index in [0.29, 0.717) is 17.0 Å². The number of hydrogen-bond acceptors (Lipinski definition) is 5. The predicted molar refractivity (Wildman–Crippen MR) is 126 cm³/mol. The molecule has 2 aromatic heterocycles. The molecule has 0 spiro atoms. The summed E-state index contributed by atoms with van der Waals surface area (Å²) in [5.74, 6) is 0. The van der Waals surface area contributed by atoms with Gasteiger partial charge >= 0.3 is 6.36 Å². The minimum atomic E-state index is -5.00. The number of halogens is 3. The van der Waals surface area contributed by atoms with Crippen LogP contribution >= 0.6 is 12.0 Å². The molecule has 4 rings (SSSR count). The van der Waals surface area contributed by atoms with Crippen molar-refractivity contribution in [2.24, 2.45) is 0 Å². The maximum absolute atomic E-state index is 12.3. The van der Waals surface area contributed by atoms with Crippen LogP contribution < -0.4 is 0 Å². The smallest absolute Gasteiger partial charge is 0.252 e. The minimum absolute atomic E-state index is 0.125. The van der Waals surface area contributed by atoms with E-state index in [4.69, 9.17) is 12.7 Å². The Morgan fingerprint density at radius 1 is 0.765 bits per heavy atom. The average Bonchev–Trinajstić information content (AvgIpc) is 2.86. The molecule has 0 atom stereocenters. The Kier molecular flexibility index (Phi) is 6.26. The van der Waals surface area contributed by atoms with E-state index in [-0.39, 0.29) is 29.0 Å². The lowest BCUT2D eigenvalue weighted by Gasteiger charge is -2.25. The van der Waals surface area contributed by atoms with Crippen LogP contribution in [0.4, 0.5) is 13.2 Å². The second-order valence-electron chi connectivity index (χ2n) is 7.83. The zero-order valence-corrected chi connectivity index (χ0v) is 19.1. The van der Waals surface area contributed by atoms with Crippen LogP contribution in [0.2, 0.25) is 0 Å². The summed E-state index contributed by atoms with van der Waals surface area (Å²) in [5, 5.41) is 0. The third kappa shape index (κ3) is 5.83. The maximum Gasteiger partial charge on any atom is 0.550 e. The van der Waals surface area contributed by atoms with Gasteiger partial charge in [-0.05, 0) is 50.2 Å². The molecule has 0 radical (unpaired) electrons. The molecule has 8 heteroatoms. The van der Waals surface area contributed by atoms with Gasteiger partial charge in [0.1, 0.15) is 0 Å². The van der Waals surface area contributed by atoms with Crippen LogP contribution in [0.5, 0.6) is 0 Å². The van der Waals surface area contributed by atoms with E-state index in [9.17, 15) is 13.2 Å². The van der Waals surface area contributed by atoms with Crippen LogP contribution in [0, 0.1) is 0 Å². The van der Waals surface area contributed by atoms with E-state index < -0.39 is 11.8 Å². The molecule has 4 nitrogen and oxygen atoms in total. The van der Waals surface area contributed by atoms with Gasteiger partial charge < -0.3 is 0 Å². The molecular formula is C26H21F3N2O2S. The van der Waals surface area contributed by atoms with Crippen molar-refractivity contribution in [2.45, 2.75) is 30.5 Å². The molecule has 34 heavy (non-hydrogen) atoms. The van der Waals surface area contributed by atoms with Gasteiger partial charge in [-0.25, -0.2) is 0 Å². The number of aromatic nitrogens is 2. The van der Waals surface area contributed by atoms with Gasteiger partial charge in [0.05, 0.1) is 37.6 Å². The third-order valence-corrected chi connectivity index (χ3v) is 5.61. The van der Waals surface area contributed by atoms with Gasteiger partial charge in [0.25, 0.3) is 0 Å². The third-order valence-electron chi connectivity index (χ3n) is 5.08. The molecule has 0 aliphatic heterocycles. The molecule has 0 N–H and O–H groups in total. The van der Waals surface area contributed by atoms with Crippen LogP contribution in [0.25, 0.3) is 22.5 Å². The Bertz CT molecular complexity index is 1370. The standard InChI is InChI=1S/C26H21F3N2O2S/c1-25(2,23-15-7-13-21(30-23)18-9-4-3-5-10-18)24-16-8-14-22(31-24)19-11-6-12-20(17-19)34-33-32-26(27,28)29/h3-17H,1-2H3/i12D,17D. The topological polar surface area (TPSA) is 44.2 Å². The van der Waals surface area contributed by atoms with Crippen molar-refractivity contribution in [1.29, 1.82) is 0 Å². The number of nitrogens with zero attached hydrogens (tertiary/aromatic N) is 2. The maximum atomic E-state index is 12.3. The van der Waals surface area contributed by atoms with Crippen LogP contribution in [0.15, 0.2) is 95.8 Å². The average molecular weight is 485 g/mol. The number of pyridine rings is 2. The molecular weight excluding hydrogens is 461 g/mol. The van der Waals surface area contributed by atoms with Crippen LogP contribution in [0.1, 0.15) is 28.0 Å². The summed E-state index contributed by atoms with van der Waals surface area (Å²) in [7, 11) is 0. The Hall–Kier alpha value is -3.20. The first kappa shape index (κ1) is 21.3. The lowest BCUT2D eigenvalue weighted by molar-refractivity contribution is -0.440. The molecule has 2 aromatic carbocycles. The molecule has 0 saturated heterocycles. The largest absolute Gasteiger partial charge is 0.550 e. The number of hydrogen-bond donors (Lipinski definition) is 0. The molecule has 174 valence electrons. The van der Waals surface area contributed by atoms with Gasteiger partial charge in [0.2, 0.25) is 0 Å². The van der Waals surface area contributed by atoms with Gasteiger partial charge in [-0.2, -0.15) is 4.33 Å². The van der Waals surface area contributed by atoms with Crippen LogP contribution in [-0.2, 0) is 14.6 Å². The Morgan fingerprint density at radius 2 is 1.35 bits per heavy atom. The normalized spacial score (nSPS) is 12.9. The summed E-state index contributed by atoms with van der Waals surface area (Å²) < 4.78 is 57.3. The first-order valence-electron chi connectivity index (χ1n) is 11.3. The van der Waals surface area contributed by atoms with E-state index in [2.05, 4.69) is 9.22 Å². The molecule has 4 aromatic rings. The summed E-state index contributed by atoms with van der Waals surface area (Å²) in [6, 6.07) is 23.5. The van der Waals surface area contributed by atoms with Crippen molar-refractivity contribution in [3.8, 4) is 22.5 Å². The fraction of sp³-hybridized carbons (Fsp3) is 0.154. The van der Waals surface area contributed by atoms with E-state index in [1.807, 2.05) is 68.4 Å². The monoisotopic (exact) mass is 484 g/mol. The van der Waals surface area contributed by atoms with Crippen molar-refractivity contribution in [2.75, 3.05) is 0 Å². The molecule has 0 aliphatic rings. The summed E-state index contributed by atoms with van der Waals surface area (Å²) >= 11 is 0.160. The van der Waals surface area contributed by atoms with Crippen LogP contribution in [-0.4, -0.2) is 16.3 Å². The number of benzene rings is 2. The van der Waals surface area contributed by atoms with Gasteiger partial charge in [-0.1, -0.05) is 54.6 Å². The minimum Gasteiger partial charge on any atom is -0.252 e. The molecule has 0 fully saturated rings. The fourth-order valence-corrected chi connectivity index (χ4v) is 3.75. The first-order chi connectivity index (χ1) is 17.1. The van der Waals surface area contributed by atoms with E-state index >= 15 is 0 Å². The second kappa shape index (κ2) is 9.97. The number of rotatable bonds is 7. The molecule has 2 heterocycles. The highest BCUT2D eigenvalue weighted by Crippen LogP contribution is 2.33. The molecule has 0 bridgehead atoms. The van der Waals surface area contributed by atoms with Crippen molar-refractivity contribution in [3.05, 3.63) is 102 Å². The van der Waals surface area contributed by atoms with E-state index in [1.54, 1.807) is 12.1 Å². The number of alkyl halides is 3. The Balaban J connectivity index is 1.67. The molecule has 0 unspecified atom stereocenters. The van der Waals surface area contributed by atoms with Gasteiger partial charge in [-0.15, -0.1) is 18.1 Å². The summed E-state index contributed by atoms with van der Waals surface area (Å²) in [4.78, 5) is 12.8. The molecule has 0 aliphatic carbocycles. The SMILES string of the molecule is [2H]c1ccc(-c2cccc(C(C)(C)c3cccc(-c4ccccc4)n3)n2)c([2H])c1SOOC(F)(F)F. The van der Waals surface area contributed by atoms with Crippen LogP contribution in [0.3, 0.4) is 0 Å². The highest BCUT2D eigenvalue weighted by molar-refractivity contribution is 7.94. The fourth-order valence-electron chi connectivity index (χ4n) is 3.30. The zero-order valence-electron chi connectivity index (χ0n) is 20.3. The van der Waals surface area contributed by atoms with Crippen molar-refractivity contribution >= 4 is 12.0 Å². The first-order valence-corrected chi connectivity index (χ1v) is 11.0. The summed E-state index contributed by atoms with van der Waals surface area (Å²) in [6.45, 7) is 3.99. The highest BCUT2D eigenvalue weighted by Gasteiger charge is 2.31. The Labute approximate surface area is 202 Å². The lowest BCUT2D eigenvalue weighted by Crippen LogP contribution is -2.22. The summed E-state index contributed by atoms with van der Waals surface area (Å²) in [6.07, 6.45) is -5.00. The molecule has 0 saturated carbocycles. The predicted octanol–water partition coefficient (Wildman–Crippen LogP) is 7.61. The second-order valence-corrected chi connectivity index (χ2v) is 8.54. The van der Waals surface area contributed by atoms with Gasteiger partial charge in [0.15, 0.2) is 0 Å². The molecule has 0 amide bonds. The van der Waals surface area contributed by atoms with Crippen molar-refractivity contribution < 1.29 is 25.1 Å². The lowest BCUT2D eigenvalue weighted by atomic mass is 9.84. The van der Waals surface area contributed by atoms with Gasteiger partial charge in [-0.3, -0.25) is 9.97 Å². The van der Waals surface area contributed by atoms with E-state index in [0.717, 1.165) is 17.0 Å². The zero-order chi connectivity index (χ0) is 25.9. The Morgan fingerprint density at radius 3 is 1.97 bits per heavy atom. The van der Waals surface area contributed by atoms with Gasteiger partial charge in [0, 0.05) is 21.4 Å². The van der Waals surface area contributed by atoms with Crippen molar-refractivity contribution in [3.63, 3.8) is 0 Å². The quantitative estimate of drug-likeness (QED) is 0.153.